The number of anilines is 1. The molecule has 1 aromatic rings. The van der Waals surface area contributed by atoms with Gasteiger partial charge in [-0.3, -0.25) is 9.59 Å². The minimum atomic E-state index is -0.581. The van der Waals surface area contributed by atoms with Gasteiger partial charge in [0.15, 0.2) is 0 Å². The summed E-state index contributed by atoms with van der Waals surface area (Å²) in [6, 6.07) is 5.83. The molecular weight excluding hydrogens is 264 g/mol. The highest BCUT2D eigenvalue weighted by molar-refractivity contribution is 6.30. The molecule has 0 fully saturated rings. The van der Waals surface area contributed by atoms with Crippen molar-refractivity contribution in [1.29, 1.82) is 0 Å². The molecule has 0 saturated heterocycles. The predicted molar refractivity (Wildman–Crippen MR) is 77.5 cm³/mol. The van der Waals surface area contributed by atoms with Crippen LogP contribution in [0.2, 0.25) is 0 Å². The fraction of sp³-hybridized carbons (Fsp3) is 0.429. The zero-order chi connectivity index (χ0) is 14.4. The number of halogens is 1. The molecule has 19 heavy (non-hydrogen) atoms. The largest absolute Gasteiger partial charge is 0.354 e. The van der Waals surface area contributed by atoms with Gasteiger partial charge in [-0.25, -0.2) is 0 Å². The average Bonchev–Trinajstić information content (AvgIpc) is 2.32. The van der Waals surface area contributed by atoms with E-state index >= 15 is 0 Å². The summed E-state index contributed by atoms with van der Waals surface area (Å²) in [6.07, 6.45) is 0.225. The van der Waals surface area contributed by atoms with Crippen molar-refractivity contribution in [3.63, 3.8) is 0 Å². The zero-order valence-corrected chi connectivity index (χ0v) is 12.2. The minimum Gasteiger partial charge on any atom is -0.354 e. The van der Waals surface area contributed by atoms with Crippen LogP contribution < -0.4 is 10.6 Å². The second kappa shape index (κ2) is 7.14. The van der Waals surface area contributed by atoms with E-state index in [1.807, 2.05) is 32.0 Å². The first-order valence-corrected chi connectivity index (χ1v) is 6.62. The van der Waals surface area contributed by atoms with Crippen LogP contribution in [-0.2, 0) is 9.59 Å². The third-order valence-electron chi connectivity index (χ3n) is 2.67. The lowest BCUT2D eigenvalue weighted by molar-refractivity contribution is -0.120. The van der Waals surface area contributed by atoms with Crippen molar-refractivity contribution in [3.05, 3.63) is 29.3 Å². The van der Waals surface area contributed by atoms with Gasteiger partial charge < -0.3 is 10.6 Å². The molecule has 104 valence electrons. The quantitative estimate of drug-likeness (QED) is 0.815. The van der Waals surface area contributed by atoms with Crippen LogP contribution in [0.1, 0.15) is 24.5 Å². The molecule has 0 heterocycles. The zero-order valence-electron chi connectivity index (χ0n) is 11.4. The molecule has 2 amide bonds. The third kappa shape index (κ3) is 5.30. The Labute approximate surface area is 118 Å². The Kier molecular flexibility index (Phi) is 5.83. The van der Waals surface area contributed by atoms with E-state index in [1.165, 1.54) is 0 Å². The highest BCUT2D eigenvalue weighted by Crippen LogP contribution is 2.15. The van der Waals surface area contributed by atoms with Crippen molar-refractivity contribution < 1.29 is 9.59 Å². The fourth-order valence-corrected chi connectivity index (χ4v) is 1.68. The summed E-state index contributed by atoms with van der Waals surface area (Å²) in [5.74, 6) is -0.393. The van der Waals surface area contributed by atoms with E-state index in [4.69, 9.17) is 11.6 Å². The van der Waals surface area contributed by atoms with E-state index in [-0.39, 0.29) is 24.8 Å². The van der Waals surface area contributed by atoms with E-state index in [2.05, 4.69) is 10.6 Å². The van der Waals surface area contributed by atoms with Crippen LogP contribution in [-0.4, -0.2) is 23.7 Å². The molecule has 0 aromatic heterocycles. The van der Waals surface area contributed by atoms with Crippen LogP contribution in [0, 0.1) is 13.8 Å². The summed E-state index contributed by atoms with van der Waals surface area (Å²) < 4.78 is 0. The lowest BCUT2D eigenvalue weighted by Crippen LogP contribution is -2.32. The molecule has 1 atom stereocenters. The molecule has 0 saturated carbocycles. The molecule has 5 heteroatoms. The van der Waals surface area contributed by atoms with E-state index < -0.39 is 5.38 Å². The molecule has 0 aliphatic carbocycles. The second-order valence-electron chi connectivity index (χ2n) is 4.52. The van der Waals surface area contributed by atoms with E-state index in [9.17, 15) is 9.59 Å². The molecule has 0 radical (unpaired) electrons. The molecule has 0 unspecified atom stereocenters. The monoisotopic (exact) mass is 282 g/mol. The number of hydrogen-bond donors (Lipinski definition) is 2. The lowest BCUT2D eigenvalue weighted by Gasteiger charge is -2.10. The fourth-order valence-electron chi connectivity index (χ4n) is 1.61. The van der Waals surface area contributed by atoms with Crippen LogP contribution >= 0.6 is 11.6 Å². The standard InChI is InChI=1S/C14H19ClN2O2/c1-9-4-5-12(10(2)8-9)17-13(18)6-7-16-14(19)11(3)15/h4-5,8,11H,6-7H2,1-3H3,(H,16,19)(H,17,18)/t11-/m0/s1. The summed E-state index contributed by atoms with van der Waals surface area (Å²) in [4.78, 5) is 22.9. The Bertz CT molecular complexity index is 473. The summed E-state index contributed by atoms with van der Waals surface area (Å²) in [5.41, 5.74) is 2.97. The number of benzene rings is 1. The second-order valence-corrected chi connectivity index (χ2v) is 5.18. The number of rotatable bonds is 5. The Morgan fingerprint density at radius 3 is 2.58 bits per heavy atom. The molecule has 2 N–H and O–H groups in total. The number of nitrogens with one attached hydrogen (secondary N) is 2. The third-order valence-corrected chi connectivity index (χ3v) is 2.87. The molecule has 0 aliphatic rings. The van der Waals surface area contributed by atoms with Crippen LogP contribution in [0.5, 0.6) is 0 Å². The number of carbonyl (C=O) groups excluding carboxylic acids is 2. The summed E-state index contributed by atoms with van der Waals surface area (Å²) in [6.45, 7) is 5.82. The Morgan fingerprint density at radius 2 is 2.00 bits per heavy atom. The Balaban J connectivity index is 2.41. The first-order valence-electron chi connectivity index (χ1n) is 6.19. The summed E-state index contributed by atoms with van der Waals surface area (Å²) >= 11 is 5.60. The van der Waals surface area contributed by atoms with E-state index in [1.54, 1.807) is 6.92 Å². The smallest absolute Gasteiger partial charge is 0.237 e. The maximum absolute atomic E-state index is 11.7. The maximum atomic E-state index is 11.7. The van der Waals surface area contributed by atoms with Crippen molar-refractivity contribution >= 4 is 29.1 Å². The van der Waals surface area contributed by atoms with Gasteiger partial charge in [0.2, 0.25) is 11.8 Å². The number of aryl methyl sites for hydroxylation is 2. The van der Waals surface area contributed by atoms with Crippen LogP contribution in [0.4, 0.5) is 5.69 Å². The Morgan fingerprint density at radius 1 is 1.32 bits per heavy atom. The summed E-state index contributed by atoms with van der Waals surface area (Å²) in [5, 5.41) is 4.83. The summed E-state index contributed by atoms with van der Waals surface area (Å²) in [7, 11) is 0. The van der Waals surface area contributed by atoms with Crippen molar-refractivity contribution in [3.8, 4) is 0 Å². The normalized spacial score (nSPS) is 11.8. The van der Waals surface area contributed by atoms with E-state index in [0.717, 1.165) is 16.8 Å². The van der Waals surface area contributed by atoms with Crippen LogP contribution in [0.3, 0.4) is 0 Å². The molecule has 1 rings (SSSR count). The van der Waals surface area contributed by atoms with Gasteiger partial charge in [0.25, 0.3) is 0 Å². The van der Waals surface area contributed by atoms with Crippen LogP contribution in [0.25, 0.3) is 0 Å². The van der Waals surface area contributed by atoms with Gasteiger partial charge in [-0.1, -0.05) is 17.7 Å². The number of hydrogen-bond acceptors (Lipinski definition) is 2. The van der Waals surface area contributed by atoms with Gasteiger partial charge in [-0.05, 0) is 32.4 Å². The van der Waals surface area contributed by atoms with Crippen molar-refractivity contribution in [1.82, 2.24) is 5.32 Å². The van der Waals surface area contributed by atoms with Gasteiger partial charge in [-0.15, -0.1) is 11.6 Å². The van der Waals surface area contributed by atoms with Crippen molar-refractivity contribution in [2.45, 2.75) is 32.6 Å². The average molecular weight is 283 g/mol. The minimum absolute atomic E-state index is 0.130. The van der Waals surface area contributed by atoms with Gasteiger partial charge in [-0.2, -0.15) is 0 Å². The number of amides is 2. The van der Waals surface area contributed by atoms with Gasteiger partial charge >= 0.3 is 0 Å². The predicted octanol–water partition coefficient (Wildman–Crippen LogP) is 2.38. The first kappa shape index (κ1) is 15.5. The molecule has 1 aromatic carbocycles. The first-order chi connectivity index (χ1) is 8.90. The van der Waals surface area contributed by atoms with Crippen molar-refractivity contribution in [2.75, 3.05) is 11.9 Å². The number of carbonyl (C=O) groups is 2. The highest BCUT2D eigenvalue weighted by atomic mass is 35.5. The molecule has 0 aliphatic heterocycles. The van der Waals surface area contributed by atoms with Crippen molar-refractivity contribution in [2.24, 2.45) is 0 Å². The van der Waals surface area contributed by atoms with Gasteiger partial charge in [0.05, 0.1) is 0 Å². The molecule has 0 spiro atoms. The van der Waals surface area contributed by atoms with Crippen LogP contribution in [0.15, 0.2) is 18.2 Å². The number of alkyl halides is 1. The highest BCUT2D eigenvalue weighted by Gasteiger charge is 2.09. The maximum Gasteiger partial charge on any atom is 0.237 e. The molecular formula is C14H19ClN2O2. The Hall–Kier alpha value is -1.55. The van der Waals surface area contributed by atoms with Gasteiger partial charge in [0.1, 0.15) is 5.38 Å². The lowest BCUT2D eigenvalue weighted by atomic mass is 10.1. The van der Waals surface area contributed by atoms with E-state index in [0.29, 0.717) is 0 Å². The molecule has 0 bridgehead atoms. The SMILES string of the molecule is Cc1ccc(NC(=O)CCNC(=O)[C@H](C)Cl)c(C)c1. The van der Waals surface area contributed by atoms with Gasteiger partial charge in [0, 0.05) is 18.7 Å². The molecule has 4 nitrogen and oxygen atoms in total. The topological polar surface area (TPSA) is 58.2 Å².